The highest BCUT2D eigenvalue weighted by Gasteiger charge is 2.50. The second kappa shape index (κ2) is 23.5. The Morgan fingerprint density at radius 2 is 1.69 bits per heavy atom. The largest absolute Gasteiger partial charge is 0.490 e. The molecule has 10 rings (SSSR count). The number of ether oxygens (including phenoxy) is 2. The number of H-pyrrole nitrogens is 1. The number of carbonyl (C=O) groups excluding carboxylic acids is 3. The zero-order chi connectivity index (χ0) is 61.3. The number of hydrogen-bond donors (Lipinski definition) is 9. The maximum Gasteiger partial charge on any atom is 0.490 e. The molecule has 458 valence electrons. The third kappa shape index (κ3) is 12.4. The highest BCUT2D eigenvalue weighted by atomic mass is 31.3. The van der Waals surface area contributed by atoms with Gasteiger partial charge in [-0.1, -0.05) is 39.0 Å². The number of imidazole rings is 1. The molecule has 6 heterocycles. The van der Waals surface area contributed by atoms with Crippen LogP contribution in [0, 0.1) is 0 Å². The van der Waals surface area contributed by atoms with Gasteiger partial charge in [-0.3, -0.25) is 28.5 Å². The van der Waals surface area contributed by atoms with E-state index in [0.717, 1.165) is 79.3 Å². The lowest BCUT2D eigenvalue weighted by molar-refractivity contribution is -0.121. The van der Waals surface area contributed by atoms with Crippen molar-refractivity contribution < 1.29 is 75.4 Å². The number of nitrogens with one attached hydrogen (secondary N) is 3. The number of aliphatic hydroxyl groups excluding tert-OH is 1. The third-order valence-electron chi connectivity index (χ3n) is 16.7. The van der Waals surface area contributed by atoms with Crippen molar-refractivity contribution in [2.45, 2.75) is 128 Å². The molecule has 85 heavy (non-hydrogen) atoms. The quantitative estimate of drug-likeness (QED) is 0.0325. The van der Waals surface area contributed by atoms with E-state index in [1.54, 1.807) is 11.9 Å². The Morgan fingerprint density at radius 1 is 0.976 bits per heavy atom. The van der Waals surface area contributed by atoms with E-state index in [9.17, 15) is 47.8 Å². The van der Waals surface area contributed by atoms with Gasteiger partial charge in [0.1, 0.15) is 25.3 Å². The summed E-state index contributed by atoms with van der Waals surface area (Å²) in [4.78, 5) is 106. The number of fused-ring (bicyclic) bond motifs is 5. The van der Waals surface area contributed by atoms with Crippen LogP contribution in [0.3, 0.4) is 0 Å². The molecule has 27 nitrogen and oxygen atoms in total. The minimum atomic E-state index is -5.92. The summed E-state index contributed by atoms with van der Waals surface area (Å²) in [5.74, 6) is -0.612. The molecule has 0 bridgehead atoms. The molecule has 0 spiro atoms. The molecular formula is C55H72N10O17P3+. The number of aliphatic hydroxyl groups is 1. The number of phosphoric acid groups is 3. The summed E-state index contributed by atoms with van der Waals surface area (Å²) in [7, 11) is -15.7. The van der Waals surface area contributed by atoms with Gasteiger partial charge in [-0.25, -0.2) is 28.0 Å². The molecule has 2 aromatic heterocycles. The van der Waals surface area contributed by atoms with Crippen molar-refractivity contribution in [2.24, 2.45) is 0 Å². The lowest BCUT2D eigenvalue weighted by Gasteiger charge is -2.48. The molecule has 1 saturated heterocycles. The fraction of sp³-hybridized carbons (Fsp3) is 0.509. The number of anilines is 2. The lowest BCUT2D eigenvalue weighted by Crippen LogP contribution is -2.50. The topological polar surface area (TPSA) is 373 Å². The number of rotatable bonds is 19. The summed E-state index contributed by atoms with van der Waals surface area (Å²) in [6.45, 7) is 15.7. The molecule has 5 aromatic rings. The van der Waals surface area contributed by atoms with Crippen molar-refractivity contribution in [1.29, 1.82) is 0 Å². The van der Waals surface area contributed by atoms with Crippen LogP contribution < -0.4 is 42.0 Å². The van der Waals surface area contributed by atoms with E-state index >= 15 is 0 Å². The average Bonchev–Trinajstić information content (AvgIpc) is 2.72. The molecule has 1 aliphatic carbocycles. The minimum absolute atomic E-state index is 0.0241. The Kier molecular flexibility index (Phi) is 17.1. The van der Waals surface area contributed by atoms with Crippen LogP contribution in [0.15, 0.2) is 53.6 Å². The van der Waals surface area contributed by atoms with Crippen molar-refractivity contribution in [3.05, 3.63) is 114 Å². The highest BCUT2D eigenvalue weighted by molar-refractivity contribution is 7.66. The van der Waals surface area contributed by atoms with Crippen molar-refractivity contribution in [2.75, 3.05) is 63.6 Å². The predicted molar refractivity (Wildman–Crippen MR) is 310 cm³/mol. The number of hydrogen-bond acceptors (Lipinski definition) is 17. The number of aryl methyl sites for hydroxylation is 1. The van der Waals surface area contributed by atoms with Crippen molar-refractivity contribution in [1.82, 2.24) is 39.6 Å². The number of alkyl carbamates (subject to hydrolysis) is 1. The van der Waals surface area contributed by atoms with Crippen LogP contribution >= 0.6 is 23.5 Å². The van der Waals surface area contributed by atoms with Gasteiger partial charge in [0.05, 0.1) is 12.9 Å². The molecule has 1 fully saturated rings. The van der Waals surface area contributed by atoms with E-state index in [0.29, 0.717) is 17.9 Å². The number of amides is 3. The summed E-state index contributed by atoms with van der Waals surface area (Å²) >= 11 is 0. The highest BCUT2D eigenvalue weighted by Crippen LogP contribution is 2.66. The number of carbonyl (C=O) groups is 3. The predicted octanol–water partition coefficient (Wildman–Crippen LogP) is 3.45. The second-order valence-electron chi connectivity index (χ2n) is 23.3. The maximum absolute atomic E-state index is 14.9. The molecule has 0 radical (unpaired) electrons. The van der Waals surface area contributed by atoms with Gasteiger partial charge in [0.25, 0.3) is 11.5 Å². The van der Waals surface area contributed by atoms with E-state index in [4.69, 9.17) is 29.5 Å². The Balaban J connectivity index is 0.809. The first-order chi connectivity index (χ1) is 40.0. The second-order valence-corrected chi connectivity index (χ2v) is 27.8. The standard InChI is InChI=1S/C55H71N10O17P3/c1-8-65-39-26-38-36(25-35(39)30(2)27-54(65,3)4)42(37-24-31-14-11-22-63-23-12-17-34(45(31)63)43(37)55(38,5)6)32-15-9-10-16-33(32)50(69)62(7)21-13-18-41(66)57-19-20-58-53(70)80-47-40(28-78-84(74,75)82-85(76,77)81-83(71,72)73)79-51(46(47)67)64-29-59-44-48(64)60-52(56)61-49(44)68/h9-10,15-16,24-26,29-30,40,46-47,51,67H,8,11-14,17-23,27-28H2,1-7H3,(H8-,56,57,58,60,61,66,68,70,71,72,73,74,75,76,77)/p+1/t30?,40-,46-,47-,51-/m1/s1. The van der Waals surface area contributed by atoms with E-state index in [-0.39, 0.29) is 65.9 Å². The lowest BCUT2D eigenvalue weighted by atomic mass is 9.64. The van der Waals surface area contributed by atoms with Crippen LogP contribution in [0.25, 0.3) is 16.7 Å². The Hall–Kier alpha value is -6.18. The summed E-state index contributed by atoms with van der Waals surface area (Å²) in [6, 6.07) is 15.2. The molecular weight excluding hydrogens is 1170 g/mol. The Bertz CT molecular complexity index is 3860. The van der Waals surface area contributed by atoms with Crippen LogP contribution in [0.2, 0.25) is 0 Å². The average molecular weight is 1240 g/mol. The number of nitrogens with two attached hydrogens (primary N) is 1. The molecule has 0 saturated carbocycles. The molecule has 5 aliphatic rings. The van der Waals surface area contributed by atoms with E-state index in [1.165, 1.54) is 44.1 Å². The van der Waals surface area contributed by atoms with E-state index in [1.807, 2.05) is 18.2 Å². The zero-order valence-electron chi connectivity index (χ0n) is 48.1. The van der Waals surface area contributed by atoms with Gasteiger partial charge < -0.3 is 60.3 Å². The normalized spacial score (nSPS) is 22.5. The number of nitrogens with zero attached hydrogens (tertiary/aromatic N) is 6. The summed E-state index contributed by atoms with van der Waals surface area (Å²) in [5, 5.41) is 19.1. The fourth-order valence-corrected chi connectivity index (χ4v) is 16.3. The molecule has 3 aromatic carbocycles. The summed E-state index contributed by atoms with van der Waals surface area (Å²) in [6.07, 6.45) is -1.66. The number of aromatic amines is 1. The van der Waals surface area contributed by atoms with Crippen LogP contribution in [0.1, 0.15) is 135 Å². The van der Waals surface area contributed by atoms with Crippen molar-refractivity contribution >= 4 is 69.7 Å². The molecule has 10 N–H and O–H groups in total. The van der Waals surface area contributed by atoms with Gasteiger partial charge in [0.2, 0.25) is 17.2 Å². The zero-order valence-corrected chi connectivity index (χ0v) is 50.8. The van der Waals surface area contributed by atoms with E-state index < -0.39 is 66.3 Å². The van der Waals surface area contributed by atoms with E-state index in [2.05, 4.69) is 109 Å². The number of aromatic nitrogens is 4. The third-order valence-corrected chi connectivity index (χ3v) is 20.5. The smallest absolute Gasteiger partial charge is 0.440 e. The first kappa shape index (κ1) is 61.9. The minimum Gasteiger partial charge on any atom is -0.440 e. The molecule has 3 amide bonds. The van der Waals surface area contributed by atoms with Crippen LogP contribution in [0.5, 0.6) is 0 Å². The van der Waals surface area contributed by atoms with Gasteiger partial charge in [-0.05, 0) is 115 Å². The summed E-state index contributed by atoms with van der Waals surface area (Å²) in [5.41, 5.74) is 15.7. The van der Waals surface area contributed by atoms with Crippen molar-refractivity contribution in [3.8, 4) is 0 Å². The van der Waals surface area contributed by atoms with Crippen LogP contribution in [-0.4, -0.2) is 144 Å². The molecule has 3 unspecified atom stereocenters. The summed E-state index contributed by atoms with van der Waals surface area (Å²) < 4.78 is 62.8. The number of benzene rings is 3. The van der Waals surface area contributed by atoms with Gasteiger partial charge in [-0.15, -0.1) is 0 Å². The maximum atomic E-state index is 14.9. The van der Waals surface area contributed by atoms with Crippen LogP contribution in [0.4, 0.5) is 16.4 Å². The molecule has 7 atom stereocenters. The van der Waals surface area contributed by atoms with Gasteiger partial charge in [0, 0.05) is 85.8 Å². The van der Waals surface area contributed by atoms with Gasteiger partial charge in [0.15, 0.2) is 23.5 Å². The first-order valence-corrected chi connectivity index (χ1v) is 32.7. The number of nitrogen functional groups attached to an aromatic ring is 1. The van der Waals surface area contributed by atoms with Gasteiger partial charge in [-0.2, -0.15) is 13.6 Å². The van der Waals surface area contributed by atoms with Crippen molar-refractivity contribution in [3.63, 3.8) is 0 Å². The van der Waals surface area contributed by atoms with Gasteiger partial charge >= 0.3 is 29.6 Å². The first-order valence-electron chi connectivity index (χ1n) is 28.2. The molecule has 30 heteroatoms. The monoisotopic (exact) mass is 1240 g/mol. The Morgan fingerprint density at radius 3 is 2.42 bits per heavy atom. The fourth-order valence-electron chi connectivity index (χ4n) is 13.3. The number of phosphoric ester groups is 1. The van der Waals surface area contributed by atoms with Crippen LogP contribution in [-0.2, 0) is 59.4 Å². The SMILES string of the molecule is CCN1c2cc3c(cc2C(C)CC1(C)C)C(c1ccccc1C(=O)N(C)CCCC(=O)NCCNC(=O)O[C@H]1[C@@H](O)[C@H](n2cnc4c(=O)[nH]c(N)nc42)O[C@@H]1COP(=O)(O)OP(=O)(O)OP(=O)(O)O)=c1cc2c4c(c1C3(C)C)CCC[N+]=4CCC2. The molecule has 4 aliphatic heterocycles. The Labute approximate surface area is 488 Å².